The van der Waals surface area contributed by atoms with E-state index in [9.17, 15) is 4.79 Å². The molecule has 0 fully saturated rings. The average molecular weight is 264 g/mol. The van der Waals surface area contributed by atoms with E-state index in [1.54, 1.807) is 12.1 Å². The summed E-state index contributed by atoms with van der Waals surface area (Å²) in [4.78, 5) is 15.9. The summed E-state index contributed by atoms with van der Waals surface area (Å²) in [5, 5.41) is 4.67. The number of aromatic nitrogens is 3. The van der Waals surface area contributed by atoms with Crippen molar-refractivity contribution >= 4 is 17.4 Å². The van der Waals surface area contributed by atoms with Crippen molar-refractivity contribution in [3.8, 4) is 0 Å². The molecule has 0 spiro atoms. The van der Waals surface area contributed by atoms with Gasteiger partial charge in [-0.25, -0.2) is 4.98 Å². The lowest BCUT2D eigenvalue weighted by Crippen LogP contribution is -2.06. The van der Waals surface area contributed by atoms with Gasteiger partial charge in [0.1, 0.15) is 5.15 Å². The minimum absolute atomic E-state index is 0.00620. The fourth-order valence-electron chi connectivity index (χ4n) is 1.60. The normalized spacial score (nSPS) is 10.9. The standard InChI is InChI=1S/C13H14ClN3O/c1-9(2)17-6-4-11(16-17)8-12(18)10-3-5-15-13(14)7-10/h3-7,9H,8H2,1-2H3. The second-order valence-corrected chi connectivity index (χ2v) is 4.74. The predicted molar refractivity (Wildman–Crippen MR) is 69.9 cm³/mol. The molecular formula is C13H14ClN3O. The fourth-order valence-corrected chi connectivity index (χ4v) is 1.78. The third-order valence-corrected chi connectivity index (χ3v) is 2.79. The van der Waals surface area contributed by atoms with Gasteiger partial charge in [0, 0.05) is 24.0 Å². The highest BCUT2D eigenvalue weighted by Gasteiger charge is 2.10. The molecule has 0 aliphatic rings. The van der Waals surface area contributed by atoms with E-state index in [0.29, 0.717) is 16.8 Å². The number of hydrogen-bond acceptors (Lipinski definition) is 3. The van der Waals surface area contributed by atoms with Gasteiger partial charge < -0.3 is 0 Å². The number of Topliss-reactive ketones (excluding diaryl/α,β-unsaturated/α-hetero) is 1. The Morgan fingerprint density at radius 2 is 2.22 bits per heavy atom. The van der Waals surface area contributed by atoms with Gasteiger partial charge in [-0.1, -0.05) is 11.6 Å². The maximum atomic E-state index is 12.0. The van der Waals surface area contributed by atoms with E-state index in [2.05, 4.69) is 10.1 Å². The second kappa shape index (κ2) is 5.31. The first-order valence-electron chi connectivity index (χ1n) is 5.75. The molecule has 0 N–H and O–H groups in total. The van der Waals surface area contributed by atoms with Crippen LogP contribution in [-0.2, 0) is 6.42 Å². The van der Waals surface area contributed by atoms with Crippen LogP contribution in [0.15, 0.2) is 30.6 Å². The summed E-state index contributed by atoms with van der Waals surface area (Å²) in [7, 11) is 0. The molecule has 0 amide bonds. The number of pyridine rings is 1. The van der Waals surface area contributed by atoms with Gasteiger partial charge in [0.15, 0.2) is 5.78 Å². The van der Waals surface area contributed by atoms with Crippen molar-refractivity contribution in [3.63, 3.8) is 0 Å². The molecular weight excluding hydrogens is 250 g/mol. The molecule has 0 bridgehead atoms. The number of carbonyl (C=O) groups excluding carboxylic acids is 1. The Morgan fingerprint density at radius 1 is 1.44 bits per heavy atom. The molecule has 2 aromatic heterocycles. The van der Waals surface area contributed by atoms with Gasteiger partial charge in [0.2, 0.25) is 0 Å². The van der Waals surface area contributed by atoms with E-state index in [1.807, 2.05) is 30.8 Å². The van der Waals surface area contributed by atoms with Crippen molar-refractivity contribution in [2.24, 2.45) is 0 Å². The zero-order valence-electron chi connectivity index (χ0n) is 10.3. The quantitative estimate of drug-likeness (QED) is 0.629. The second-order valence-electron chi connectivity index (χ2n) is 4.35. The number of rotatable bonds is 4. The van der Waals surface area contributed by atoms with Crippen molar-refractivity contribution < 1.29 is 4.79 Å². The molecule has 4 nitrogen and oxygen atoms in total. The molecule has 2 aromatic rings. The van der Waals surface area contributed by atoms with Gasteiger partial charge in [-0.2, -0.15) is 5.10 Å². The first-order chi connectivity index (χ1) is 8.56. The number of nitrogens with zero attached hydrogens (tertiary/aromatic N) is 3. The molecule has 0 atom stereocenters. The lowest BCUT2D eigenvalue weighted by Gasteiger charge is -2.03. The summed E-state index contributed by atoms with van der Waals surface area (Å²) in [6.45, 7) is 4.09. The minimum Gasteiger partial charge on any atom is -0.294 e. The summed E-state index contributed by atoms with van der Waals surface area (Å²) in [6, 6.07) is 5.39. The summed E-state index contributed by atoms with van der Waals surface area (Å²) < 4.78 is 1.84. The van der Waals surface area contributed by atoms with E-state index in [1.165, 1.54) is 6.20 Å². The van der Waals surface area contributed by atoms with Crippen LogP contribution in [0.3, 0.4) is 0 Å². The van der Waals surface area contributed by atoms with Gasteiger partial charge in [-0.05, 0) is 32.0 Å². The van der Waals surface area contributed by atoms with Crippen LogP contribution < -0.4 is 0 Å². The molecule has 0 aliphatic heterocycles. The van der Waals surface area contributed by atoms with E-state index < -0.39 is 0 Å². The van der Waals surface area contributed by atoms with Crippen LogP contribution in [0.5, 0.6) is 0 Å². The molecule has 5 heteroatoms. The topological polar surface area (TPSA) is 47.8 Å². The summed E-state index contributed by atoms with van der Waals surface area (Å²) in [6.07, 6.45) is 3.69. The van der Waals surface area contributed by atoms with Gasteiger partial charge in [-0.3, -0.25) is 9.48 Å². The van der Waals surface area contributed by atoms with Crippen LogP contribution in [0.4, 0.5) is 0 Å². The smallest absolute Gasteiger partial charge is 0.169 e. The highest BCUT2D eigenvalue weighted by Crippen LogP contribution is 2.11. The Balaban J connectivity index is 2.11. The Morgan fingerprint density at radius 3 is 2.83 bits per heavy atom. The Kier molecular flexibility index (Phi) is 3.77. The highest BCUT2D eigenvalue weighted by atomic mass is 35.5. The van der Waals surface area contributed by atoms with Crippen LogP contribution in [0.25, 0.3) is 0 Å². The number of hydrogen-bond donors (Lipinski definition) is 0. The SMILES string of the molecule is CC(C)n1ccc(CC(=O)c2ccnc(Cl)c2)n1. The van der Waals surface area contributed by atoms with E-state index in [0.717, 1.165) is 5.69 Å². The molecule has 2 rings (SSSR count). The Hall–Kier alpha value is -1.68. The summed E-state index contributed by atoms with van der Waals surface area (Å²) >= 11 is 5.75. The number of halogens is 1. The van der Waals surface area contributed by atoms with E-state index >= 15 is 0 Å². The lowest BCUT2D eigenvalue weighted by atomic mass is 10.1. The molecule has 18 heavy (non-hydrogen) atoms. The molecule has 94 valence electrons. The van der Waals surface area contributed by atoms with Crippen LogP contribution in [-0.4, -0.2) is 20.5 Å². The first-order valence-corrected chi connectivity index (χ1v) is 6.13. The third kappa shape index (κ3) is 2.96. The fraction of sp³-hybridized carbons (Fsp3) is 0.308. The molecule has 0 aliphatic carbocycles. The van der Waals surface area contributed by atoms with Gasteiger partial charge in [-0.15, -0.1) is 0 Å². The molecule has 0 saturated carbocycles. The van der Waals surface area contributed by atoms with E-state index in [4.69, 9.17) is 11.6 Å². The van der Waals surface area contributed by atoms with Crippen molar-refractivity contribution in [2.75, 3.05) is 0 Å². The van der Waals surface area contributed by atoms with Crippen LogP contribution >= 0.6 is 11.6 Å². The monoisotopic (exact) mass is 263 g/mol. The van der Waals surface area contributed by atoms with Gasteiger partial charge in [0.25, 0.3) is 0 Å². The zero-order valence-corrected chi connectivity index (χ0v) is 11.1. The van der Waals surface area contributed by atoms with Crippen molar-refractivity contribution in [1.29, 1.82) is 0 Å². The predicted octanol–water partition coefficient (Wildman–Crippen LogP) is 2.94. The first kappa shape index (κ1) is 12.8. The highest BCUT2D eigenvalue weighted by molar-refractivity contribution is 6.29. The zero-order chi connectivity index (χ0) is 13.1. The molecule has 0 unspecified atom stereocenters. The summed E-state index contributed by atoms with van der Waals surface area (Å²) in [5.41, 5.74) is 1.33. The Bertz CT molecular complexity index is 563. The number of carbonyl (C=O) groups is 1. The number of ketones is 1. The average Bonchev–Trinajstić information content (AvgIpc) is 2.77. The third-order valence-electron chi connectivity index (χ3n) is 2.58. The molecule has 2 heterocycles. The molecule has 0 radical (unpaired) electrons. The van der Waals surface area contributed by atoms with Crippen molar-refractivity contribution in [1.82, 2.24) is 14.8 Å². The van der Waals surface area contributed by atoms with E-state index in [-0.39, 0.29) is 12.2 Å². The maximum absolute atomic E-state index is 12.0. The van der Waals surface area contributed by atoms with Crippen LogP contribution in [0.1, 0.15) is 35.9 Å². The minimum atomic E-state index is -0.00620. The largest absolute Gasteiger partial charge is 0.294 e. The van der Waals surface area contributed by atoms with Gasteiger partial charge in [0.05, 0.1) is 12.1 Å². The molecule has 0 aromatic carbocycles. The van der Waals surface area contributed by atoms with Crippen molar-refractivity contribution in [2.45, 2.75) is 26.3 Å². The van der Waals surface area contributed by atoms with Crippen molar-refractivity contribution in [3.05, 3.63) is 47.0 Å². The van der Waals surface area contributed by atoms with Crippen LogP contribution in [0.2, 0.25) is 5.15 Å². The van der Waals surface area contributed by atoms with Gasteiger partial charge >= 0.3 is 0 Å². The maximum Gasteiger partial charge on any atom is 0.169 e. The Labute approximate surface area is 111 Å². The summed E-state index contributed by atoms with van der Waals surface area (Å²) in [5.74, 6) is -0.00620. The molecule has 0 saturated heterocycles. The lowest BCUT2D eigenvalue weighted by molar-refractivity contribution is 0.0991. The van der Waals surface area contributed by atoms with Crippen LogP contribution in [0, 0.1) is 0 Å².